The monoisotopic (exact) mass is 289 g/mol. The molecule has 7 nitrogen and oxygen atoms in total. The topological polar surface area (TPSA) is 93.8 Å². The molecule has 0 aliphatic heterocycles. The van der Waals surface area contributed by atoms with Crippen LogP contribution >= 0.6 is 0 Å². The highest BCUT2D eigenvalue weighted by Gasteiger charge is 2.40. The zero-order valence-electron chi connectivity index (χ0n) is 12.7. The molecule has 0 unspecified atom stereocenters. The average Bonchev–Trinajstić information content (AvgIpc) is 2.90. The molecular formula is C14H19N5O2. The van der Waals surface area contributed by atoms with Crippen LogP contribution in [0.25, 0.3) is 11.4 Å². The van der Waals surface area contributed by atoms with Gasteiger partial charge >= 0.3 is 5.97 Å². The van der Waals surface area contributed by atoms with Gasteiger partial charge in [-0.3, -0.25) is 4.98 Å². The summed E-state index contributed by atoms with van der Waals surface area (Å²) in [5.41, 5.74) is 1.28. The number of aliphatic carboxylic acids is 1. The van der Waals surface area contributed by atoms with Crippen LogP contribution in [0.2, 0.25) is 0 Å². The van der Waals surface area contributed by atoms with E-state index < -0.39 is 11.5 Å². The number of pyridine rings is 1. The van der Waals surface area contributed by atoms with Crippen molar-refractivity contribution in [3.05, 3.63) is 23.5 Å². The number of hydrogen-bond acceptors (Lipinski definition) is 5. The van der Waals surface area contributed by atoms with E-state index in [-0.39, 0.29) is 0 Å². The second-order valence-electron chi connectivity index (χ2n) is 5.04. The van der Waals surface area contributed by atoms with Gasteiger partial charge in [-0.05, 0) is 49.2 Å². The molecule has 7 heteroatoms. The number of aromatic nitrogens is 5. The molecule has 0 atom stereocenters. The van der Waals surface area contributed by atoms with Gasteiger partial charge < -0.3 is 5.11 Å². The fourth-order valence-electron chi connectivity index (χ4n) is 2.51. The van der Waals surface area contributed by atoms with Crippen molar-refractivity contribution in [3.63, 3.8) is 0 Å². The van der Waals surface area contributed by atoms with Crippen molar-refractivity contribution >= 4 is 5.97 Å². The van der Waals surface area contributed by atoms with E-state index in [0.717, 1.165) is 17.0 Å². The van der Waals surface area contributed by atoms with E-state index in [1.807, 2.05) is 39.8 Å². The zero-order chi connectivity index (χ0) is 15.6. The van der Waals surface area contributed by atoms with E-state index in [0.29, 0.717) is 18.7 Å². The standard InChI is InChI=1S/C14H19N5O2/c1-5-14(6-2,13(20)21)19-12(16-17-18-19)11-8-7-9(3)15-10(11)4/h7-8H,5-6H2,1-4H3,(H,20,21). The molecule has 0 aliphatic rings. The number of nitrogens with zero attached hydrogens (tertiary/aromatic N) is 5. The molecule has 0 spiro atoms. The molecule has 1 N–H and O–H groups in total. The van der Waals surface area contributed by atoms with Crippen LogP contribution < -0.4 is 0 Å². The third-order valence-corrected chi connectivity index (χ3v) is 3.91. The lowest BCUT2D eigenvalue weighted by molar-refractivity contribution is -0.148. The lowest BCUT2D eigenvalue weighted by Crippen LogP contribution is -2.42. The SMILES string of the molecule is CCC(CC)(C(=O)O)n1nnnc1-c1ccc(C)nc1C. The van der Waals surface area contributed by atoms with Crippen LogP contribution in [0.4, 0.5) is 0 Å². The molecule has 0 fully saturated rings. The number of carbonyl (C=O) groups is 1. The maximum atomic E-state index is 11.8. The first kappa shape index (κ1) is 15.1. The van der Waals surface area contributed by atoms with Gasteiger partial charge in [-0.2, -0.15) is 0 Å². The summed E-state index contributed by atoms with van der Waals surface area (Å²) in [4.78, 5) is 16.2. The first-order chi connectivity index (χ1) is 9.96. The maximum absolute atomic E-state index is 11.8. The van der Waals surface area contributed by atoms with Crippen LogP contribution in [0.15, 0.2) is 12.1 Å². The van der Waals surface area contributed by atoms with Crippen molar-refractivity contribution in [2.75, 3.05) is 0 Å². The van der Waals surface area contributed by atoms with Gasteiger partial charge in [0, 0.05) is 17.0 Å². The van der Waals surface area contributed by atoms with E-state index in [9.17, 15) is 9.90 Å². The second kappa shape index (κ2) is 5.59. The third kappa shape index (κ3) is 2.39. The summed E-state index contributed by atoms with van der Waals surface area (Å²) in [5, 5.41) is 21.3. The number of carboxylic acid groups (broad SMARTS) is 1. The molecule has 0 bridgehead atoms. The fourth-order valence-corrected chi connectivity index (χ4v) is 2.51. The third-order valence-electron chi connectivity index (χ3n) is 3.91. The van der Waals surface area contributed by atoms with Crippen LogP contribution in [-0.2, 0) is 10.3 Å². The van der Waals surface area contributed by atoms with E-state index in [2.05, 4.69) is 20.5 Å². The largest absolute Gasteiger partial charge is 0.479 e. The zero-order valence-corrected chi connectivity index (χ0v) is 12.7. The Bertz CT molecular complexity index is 661. The van der Waals surface area contributed by atoms with Gasteiger partial charge in [0.1, 0.15) is 0 Å². The summed E-state index contributed by atoms with van der Waals surface area (Å²) in [7, 11) is 0. The number of carboxylic acids is 1. The van der Waals surface area contributed by atoms with Gasteiger partial charge in [0.05, 0.1) is 0 Å². The highest BCUT2D eigenvalue weighted by atomic mass is 16.4. The van der Waals surface area contributed by atoms with Crippen molar-refractivity contribution in [1.29, 1.82) is 0 Å². The lowest BCUT2D eigenvalue weighted by Gasteiger charge is -2.27. The lowest BCUT2D eigenvalue weighted by atomic mass is 9.92. The summed E-state index contributed by atoms with van der Waals surface area (Å²) >= 11 is 0. The molecular weight excluding hydrogens is 270 g/mol. The smallest absolute Gasteiger partial charge is 0.331 e. The fraction of sp³-hybridized carbons (Fsp3) is 0.500. The minimum Gasteiger partial charge on any atom is -0.479 e. The summed E-state index contributed by atoms with van der Waals surface area (Å²) in [5.74, 6) is -0.495. The number of aryl methyl sites for hydroxylation is 2. The van der Waals surface area contributed by atoms with E-state index in [1.54, 1.807) is 0 Å². The van der Waals surface area contributed by atoms with Crippen LogP contribution in [-0.4, -0.2) is 36.3 Å². The van der Waals surface area contributed by atoms with Crippen molar-refractivity contribution in [3.8, 4) is 11.4 Å². The molecule has 2 heterocycles. The van der Waals surface area contributed by atoms with Crippen molar-refractivity contribution in [1.82, 2.24) is 25.2 Å². The quantitative estimate of drug-likeness (QED) is 0.904. The minimum absolute atomic E-state index is 0.398. The van der Waals surface area contributed by atoms with Gasteiger partial charge in [-0.15, -0.1) is 5.10 Å². The van der Waals surface area contributed by atoms with Crippen molar-refractivity contribution < 1.29 is 9.90 Å². The summed E-state index contributed by atoms with van der Waals surface area (Å²) in [6.45, 7) is 7.41. The first-order valence-electron chi connectivity index (χ1n) is 6.93. The maximum Gasteiger partial charge on any atom is 0.331 e. The summed E-state index contributed by atoms with van der Waals surface area (Å²) < 4.78 is 1.41. The Morgan fingerprint density at radius 1 is 1.29 bits per heavy atom. The molecule has 0 saturated carbocycles. The Kier molecular flexibility index (Phi) is 4.02. The molecule has 2 aromatic heterocycles. The van der Waals surface area contributed by atoms with Crippen molar-refractivity contribution in [2.24, 2.45) is 0 Å². The number of tetrazole rings is 1. The predicted octanol–water partition coefficient (Wildman–Crippen LogP) is 1.95. The number of hydrogen-bond donors (Lipinski definition) is 1. The van der Waals surface area contributed by atoms with Crippen LogP contribution in [0.1, 0.15) is 38.1 Å². The van der Waals surface area contributed by atoms with Crippen LogP contribution in [0.3, 0.4) is 0 Å². The van der Waals surface area contributed by atoms with E-state index in [4.69, 9.17) is 0 Å². The van der Waals surface area contributed by atoms with Crippen LogP contribution in [0, 0.1) is 13.8 Å². The predicted molar refractivity (Wildman–Crippen MR) is 76.7 cm³/mol. The van der Waals surface area contributed by atoms with Gasteiger partial charge in [0.2, 0.25) is 0 Å². The molecule has 0 aliphatic carbocycles. The Morgan fingerprint density at radius 2 is 1.95 bits per heavy atom. The molecule has 2 aromatic rings. The van der Waals surface area contributed by atoms with Gasteiger partial charge in [0.15, 0.2) is 11.4 Å². The Morgan fingerprint density at radius 3 is 2.48 bits per heavy atom. The minimum atomic E-state index is -1.14. The van der Waals surface area contributed by atoms with E-state index in [1.165, 1.54) is 4.68 Å². The molecule has 0 aromatic carbocycles. The highest BCUT2D eigenvalue weighted by Crippen LogP contribution is 2.30. The second-order valence-corrected chi connectivity index (χ2v) is 5.04. The summed E-state index contributed by atoms with van der Waals surface area (Å²) in [6, 6.07) is 3.74. The van der Waals surface area contributed by atoms with Gasteiger partial charge in [-0.25, -0.2) is 9.48 Å². The molecule has 0 saturated heterocycles. The average molecular weight is 289 g/mol. The summed E-state index contributed by atoms with van der Waals surface area (Å²) in [6.07, 6.45) is 0.796. The molecule has 2 rings (SSSR count). The number of rotatable bonds is 5. The Hall–Kier alpha value is -2.31. The van der Waals surface area contributed by atoms with Gasteiger partial charge in [-0.1, -0.05) is 13.8 Å². The first-order valence-corrected chi connectivity index (χ1v) is 6.93. The Labute approximate surface area is 123 Å². The van der Waals surface area contributed by atoms with E-state index >= 15 is 0 Å². The van der Waals surface area contributed by atoms with Crippen molar-refractivity contribution in [2.45, 2.75) is 46.1 Å². The van der Waals surface area contributed by atoms with Crippen LogP contribution in [0.5, 0.6) is 0 Å². The molecule has 0 radical (unpaired) electrons. The Balaban J connectivity index is 2.64. The molecule has 112 valence electrons. The van der Waals surface area contributed by atoms with Gasteiger partial charge in [0.25, 0.3) is 0 Å². The normalized spacial score (nSPS) is 11.6. The molecule has 0 amide bonds. The highest BCUT2D eigenvalue weighted by molar-refractivity contribution is 5.77. The molecule has 21 heavy (non-hydrogen) atoms.